The standard InChI is InChI=1S/C15H19N3O2/c1-3-10-7-13-14(20-6-4-5-19-13)8-11(10)12-9-15(16)18(2)17-12/h7-9H,3-6,16H2,1-2H3. The van der Waals surface area contributed by atoms with Gasteiger partial charge < -0.3 is 15.2 Å². The molecule has 1 aliphatic rings. The average molecular weight is 273 g/mol. The van der Waals surface area contributed by atoms with E-state index in [0.717, 1.165) is 35.6 Å². The number of anilines is 1. The van der Waals surface area contributed by atoms with Gasteiger partial charge in [-0.15, -0.1) is 0 Å². The minimum absolute atomic E-state index is 0.647. The van der Waals surface area contributed by atoms with E-state index in [4.69, 9.17) is 15.2 Å². The van der Waals surface area contributed by atoms with Crippen LogP contribution in [0, 0.1) is 0 Å². The highest BCUT2D eigenvalue weighted by Gasteiger charge is 2.17. The maximum atomic E-state index is 5.88. The number of hydrogen-bond acceptors (Lipinski definition) is 4. The summed E-state index contributed by atoms with van der Waals surface area (Å²) in [5, 5.41) is 4.46. The predicted octanol–water partition coefficient (Wildman–Crippen LogP) is 2.39. The van der Waals surface area contributed by atoms with Gasteiger partial charge in [-0.05, 0) is 24.1 Å². The van der Waals surface area contributed by atoms with E-state index in [9.17, 15) is 0 Å². The lowest BCUT2D eigenvalue weighted by molar-refractivity contribution is 0.297. The molecule has 5 heteroatoms. The number of aromatic nitrogens is 2. The fourth-order valence-corrected chi connectivity index (χ4v) is 2.40. The van der Waals surface area contributed by atoms with Crippen molar-refractivity contribution >= 4 is 5.82 Å². The first-order valence-electron chi connectivity index (χ1n) is 6.91. The van der Waals surface area contributed by atoms with E-state index in [1.165, 1.54) is 5.56 Å². The Morgan fingerprint density at radius 1 is 1.20 bits per heavy atom. The van der Waals surface area contributed by atoms with Gasteiger partial charge in [-0.2, -0.15) is 5.10 Å². The van der Waals surface area contributed by atoms with Crippen molar-refractivity contribution in [3.8, 4) is 22.8 Å². The number of benzene rings is 1. The molecule has 0 fully saturated rings. The molecule has 0 bridgehead atoms. The Morgan fingerprint density at radius 3 is 2.50 bits per heavy atom. The van der Waals surface area contributed by atoms with E-state index < -0.39 is 0 Å². The highest BCUT2D eigenvalue weighted by molar-refractivity contribution is 5.70. The van der Waals surface area contributed by atoms with Crippen molar-refractivity contribution in [3.05, 3.63) is 23.8 Å². The highest BCUT2D eigenvalue weighted by Crippen LogP contribution is 2.37. The summed E-state index contributed by atoms with van der Waals surface area (Å²) in [5.74, 6) is 2.26. The topological polar surface area (TPSA) is 62.3 Å². The lowest BCUT2D eigenvalue weighted by Crippen LogP contribution is -1.98. The molecule has 2 N–H and O–H groups in total. The molecule has 2 aromatic rings. The molecule has 1 aliphatic heterocycles. The maximum absolute atomic E-state index is 5.88. The summed E-state index contributed by atoms with van der Waals surface area (Å²) in [4.78, 5) is 0. The second kappa shape index (κ2) is 5.07. The van der Waals surface area contributed by atoms with Crippen LogP contribution in [-0.2, 0) is 13.5 Å². The zero-order chi connectivity index (χ0) is 14.1. The van der Waals surface area contributed by atoms with Crippen molar-refractivity contribution < 1.29 is 9.47 Å². The summed E-state index contributed by atoms with van der Waals surface area (Å²) in [6.07, 6.45) is 1.81. The van der Waals surface area contributed by atoms with E-state index >= 15 is 0 Å². The van der Waals surface area contributed by atoms with Gasteiger partial charge in [-0.1, -0.05) is 6.92 Å². The van der Waals surface area contributed by atoms with Crippen molar-refractivity contribution in [2.45, 2.75) is 19.8 Å². The maximum Gasteiger partial charge on any atom is 0.161 e. The zero-order valence-corrected chi connectivity index (χ0v) is 11.8. The van der Waals surface area contributed by atoms with E-state index in [-0.39, 0.29) is 0 Å². The first kappa shape index (κ1) is 12.8. The Balaban J connectivity index is 2.11. The molecule has 3 rings (SSSR count). The van der Waals surface area contributed by atoms with Crippen molar-refractivity contribution in [2.24, 2.45) is 7.05 Å². The van der Waals surface area contributed by atoms with Gasteiger partial charge in [0, 0.05) is 25.1 Å². The summed E-state index contributed by atoms with van der Waals surface area (Å²) in [6, 6.07) is 5.96. The van der Waals surface area contributed by atoms with Gasteiger partial charge >= 0.3 is 0 Å². The Hall–Kier alpha value is -2.17. The monoisotopic (exact) mass is 273 g/mol. The molecule has 0 atom stereocenters. The van der Waals surface area contributed by atoms with Gasteiger partial charge in [-0.25, -0.2) is 0 Å². The third-order valence-electron chi connectivity index (χ3n) is 3.55. The molecule has 1 aromatic heterocycles. The fraction of sp³-hybridized carbons (Fsp3) is 0.400. The minimum Gasteiger partial charge on any atom is -0.490 e. The molecular formula is C15H19N3O2. The van der Waals surface area contributed by atoms with Crippen LogP contribution in [0.1, 0.15) is 18.9 Å². The van der Waals surface area contributed by atoms with Crippen LogP contribution in [0.25, 0.3) is 11.3 Å². The minimum atomic E-state index is 0.647. The summed E-state index contributed by atoms with van der Waals surface area (Å²) >= 11 is 0. The third-order valence-corrected chi connectivity index (χ3v) is 3.55. The summed E-state index contributed by atoms with van der Waals surface area (Å²) in [6.45, 7) is 3.50. The van der Waals surface area contributed by atoms with Crippen LogP contribution in [0.15, 0.2) is 18.2 Å². The second-order valence-electron chi connectivity index (χ2n) is 4.94. The Kier molecular flexibility index (Phi) is 3.26. The molecule has 0 saturated carbocycles. The number of rotatable bonds is 2. The number of aryl methyl sites for hydroxylation is 2. The predicted molar refractivity (Wildman–Crippen MR) is 78.0 cm³/mol. The van der Waals surface area contributed by atoms with Gasteiger partial charge in [-0.3, -0.25) is 4.68 Å². The van der Waals surface area contributed by atoms with Crippen LogP contribution >= 0.6 is 0 Å². The fourth-order valence-electron chi connectivity index (χ4n) is 2.40. The summed E-state index contributed by atoms with van der Waals surface area (Å²) in [5.41, 5.74) is 9.00. The van der Waals surface area contributed by atoms with Crippen LogP contribution in [0.3, 0.4) is 0 Å². The van der Waals surface area contributed by atoms with Crippen molar-refractivity contribution in [2.75, 3.05) is 18.9 Å². The molecule has 5 nitrogen and oxygen atoms in total. The summed E-state index contributed by atoms with van der Waals surface area (Å²) in [7, 11) is 1.84. The molecule has 0 aliphatic carbocycles. The van der Waals surface area contributed by atoms with Crippen molar-refractivity contribution in [1.82, 2.24) is 9.78 Å². The number of hydrogen-bond donors (Lipinski definition) is 1. The molecule has 0 amide bonds. The van der Waals surface area contributed by atoms with E-state index in [2.05, 4.69) is 18.1 Å². The van der Waals surface area contributed by atoms with Gasteiger partial charge in [0.15, 0.2) is 11.5 Å². The SMILES string of the molecule is CCc1cc2c(cc1-c1cc(N)n(C)n1)OCCCO2. The van der Waals surface area contributed by atoms with Crippen molar-refractivity contribution in [1.29, 1.82) is 0 Å². The highest BCUT2D eigenvalue weighted by atomic mass is 16.5. The molecule has 0 unspecified atom stereocenters. The van der Waals surface area contributed by atoms with Crippen LogP contribution in [0.4, 0.5) is 5.82 Å². The quantitative estimate of drug-likeness (QED) is 0.912. The van der Waals surface area contributed by atoms with Crippen molar-refractivity contribution in [3.63, 3.8) is 0 Å². The molecule has 2 heterocycles. The first-order chi connectivity index (χ1) is 9.69. The van der Waals surface area contributed by atoms with Gasteiger partial charge in [0.1, 0.15) is 5.82 Å². The van der Waals surface area contributed by atoms with Gasteiger partial charge in [0.25, 0.3) is 0 Å². The zero-order valence-electron chi connectivity index (χ0n) is 11.8. The number of nitrogens with two attached hydrogens (primary N) is 1. The van der Waals surface area contributed by atoms with Crippen LogP contribution < -0.4 is 15.2 Å². The molecule has 106 valence electrons. The first-order valence-corrected chi connectivity index (χ1v) is 6.91. The van der Waals surface area contributed by atoms with E-state index in [1.807, 2.05) is 19.2 Å². The Bertz CT molecular complexity index is 615. The van der Waals surface area contributed by atoms with Gasteiger partial charge in [0.05, 0.1) is 18.9 Å². The van der Waals surface area contributed by atoms with E-state index in [1.54, 1.807) is 4.68 Å². The smallest absolute Gasteiger partial charge is 0.161 e. The molecule has 0 spiro atoms. The number of fused-ring (bicyclic) bond motifs is 1. The van der Waals surface area contributed by atoms with Crippen LogP contribution in [0.5, 0.6) is 11.5 Å². The third kappa shape index (κ3) is 2.19. The number of nitrogen functional groups attached to an aromatic ring is 1. The molecule has 0 radical (unpaired) electrons. The Morgan fingerprint density at radius 2 is 1.90 bits per heavy atom. The molecule has 0 saturated heterocycles. The largest absolute Gasteiger partial charge is 0.490 e. The van der Waals surface area contributed by atoms with E-state index in [0.29, 0.717) is 19.0 Å². The lowest BCUT2D eigenvalue weighted by atomic mass is 10.0. The molecule has 20 heavy (non-hydrogen) atoms. The molecule has 1 aromatic carbocycles. The normalized spacial score (nSPS) is 14.1. The number of nitrogens with zero attached hydrogens (tertiary/aromatic N) is 2. The van der Waals surface area contributed by atoms with Gasteiger partial charge in [0.2, 0.25) is 0 Å². The Labute approximate surface area is 118 Å². The second-order valence-corrected chi connectivity index (χ2v) is 4.94. The van der Waals surface area contributed by atoms with Crippen LogP contribution in [0.2, 0.25) is 0 Å². The summed E-state index contributed by atoms with van der Waals surface area (Å²) < 4.78 is 13.2. The lowest BCUT2D eigenvalue weighted by Gasteiger charge is -2.12. The van der Waals surface area contributed by atoms with Crippen LogP contribution in [-0.4, -0.2) is 23.0 Å². The molecular weight excluding hydrogens is 254 g/mol. The average Bonchev–Trinajstić information content (AvgIpc) is 2.66. The number of ether oxygens (including phenoxy) is 2.